The van der Waals surface area contributed by atoms with Crippen LogP contribution in [0.2, 0.25) is 0 Å². The molecule has 0 saturated carbocycles. The molecule has 3 aromatic rings. The Labute approximate surface area is 174 Å². The molecule has 8 nitrogen and oxygen atoms in total. The van der Waals surface area contributed by atoms with Crippen LogP contribution in [0.25, 0.3) is 0 Å². The highest BCUT2D eigenvalue weighted by Gasteiger charge is 2.33. The number of aliphatic hydroxyl groups is 1. The van der Waals surface area contributed by atoms with Crippen LogP contribution < -0.4 is 10.2 Å². The highest BCUT2D eigenvalue weighted by Crippen LogP contribution is 2.40. The first-order valence-corrected chi connectivity index (χ1v) is 9.75. The second-order valence-electron chi connectivity index (χ2n) is 6.94. The van der Waals surface area contributed by atoms with Crippen LogP contribution in [0.3, 0.4) is 0 Å². The van der Waals surface area contributed by atoms with Crippen molar-refractivity contribution in [3.8, 4) is 0 Å². The Balaban J connectivity index is 1.70. The molecule has 4 rings (SSSR count). The Morgan fingerprint density at radius 3 is 2.83 bits per heavy atom. The van der Waals surface area contributed by atoms with Gasteiger partial charge in [0.25, 0.3) is 0 Å². The molecule has 1 atom stereocenters. The van der Waals surface area contributed by atoms with E-state index in [1.54, 1.807) is 17.0 Å². The Morgan fingerprint density at radius 2 is 2.14 bits per heavy atom. The SMILES string of the molecule is CC(C)c1ccc2c(n1)N(CC(=O)Nc1ccc(F)cn1)c1cc(Br)nn1C2O. The van der Waals surface area contributed by atoms with Gasteiger partial charge in [-0.1, -0.05) is 13.8 Å². The first-order valence-electron chi connectivity index (χ1n) is 8.96. The number of pyridine rings is 2. The number of hydrogen-bond acceptors (Lipinski definition) is 6. The maximum atomic E-state index is 13.0. The van der Waals surface area contributed by atoms with Crippen LogP contribution in [0.4, 0.5) is 21.8 Å². The lowest BCUT2D eigenvalue weighted by molar-refractivity contribution is -0.114. The predicted molar refractivity (Wildman–Crippen MR) is 108 cm³/mol. The number of carbonyl (C=O) groups excluding carboxylic acids is 1. The quantitative estimate of drug-likeness (QED) is 0.619. The van der Waals surface area contributed by atoms with Gasteiger partial charge >= 0.3 is 0 Å². The van der Waals surface area contributed by atoms with E-state index in [1.165, 1.54) is 16.8 Å². The van der Waals surface area contributed by atoms with E-state index in [-0.39, 0.29) is 24.2 Å². The second-order valence-corrected chi connectivity index (χ2v) is 7.76. The van der Waals surface area contributed by atoms with Crippen molar-refractivity contribution < 1.29 is 14.3 Å². The Hall–Kier alpha value is -2.85. The van der Waals surface area contributed by atoms with Crippen LogP contribution in [0, 0.1) is 5.82 Å². The van der Waals surface area contributed by atoms with Crippen molar-refractivity contribution in [3.05, 3.63) is 58.2 Å². The van der Waals surface area contributed by atoms with Crippen molar-refractivity contribution in [1.29, 1.82) is 0 Å². The number of hydrogen-bond donors (Lipinski definition) is 2. The van der Waals surface area contributed by atoms with Crippen molar-refractivity contribution >= 4 is 39.3 Å². The summed E-state index contributed by atoms with van der Waals surface area (Å²) in [7, 11) is 0. The van der Waals surface area contributed by atoms with Gasteiger partial charge in [-0.2, -0.15) is 5.10 Å². The summed E-state index contributed by atoms with van der Waals surface area (Å²) in [4.78, 5) is 22.9. The lowest BCUT2D eigenvalue weighted by Gasteiger charge is -2.33. The van der Waals surface area contributed by atoms with E-state index in [2.05, 4.69) is 36.3 Å². The Kier molecular flexibility index (Phi) is 5.05. The van der Waals surface area contributed by atoms with Crippen molar-refractivity contribution in [2.75, 3.05) is 16.8 Å². The van der Waals surface area contributed by atoms with Crippen LogP contribution in [-0.2, 0) is 4.79 Å². The van der Waals surface area contributed by atoms with Gasteiger partial charge < -0.3 is 15.3 Å². The molecule has 4 heterocycles. The molecule has 0 aliphatic carbocycles. The van der Waals surface area contributed by atoms with E-state index in [4.69, 9.17) is 0 Å². The summed E-state index contributed by atoms with van der Waals surface area (Å²) < 4.78 is 15.0. The lowest BCUT2D eigenvalue weighted by atomic mass is 10.1. The number of nitrogens with zero attached hydrogens (tertiary/aromatic N) is 5. The predicted octanol–water partition coefficient (Wildman–Crippen LogP) is 3.33. The summed E-state index contributed by atoms with van der Waals surface area (Å²) in [6.07, 6.45) is 0.0169. The minimum atomic E-state index is -1.02. The molecule has 0 spiro atoms. The van der Waals surface area contributed by atoms with E-state index in [0.29, 0.717) is 21.8 Å². The molecule has 3 aromatic heterocycles. The molecule has 1 aliphatic rings. The maximum Gasteiger partial charge on any atom is 0.245 e. The van der Waals surface area contributed by atoms with Gasteiger partial charge in [0, 0.05) is 17.3 Å². The monoisotopic (exact) mass is 460 g/mol. The van der Waals surface area contributed by atoms with Crippen molar-refractivity contribution in [2.24, 2.45) is 0 Å². The minimum Gasteiger partial charge on any atom is -0.368 e. The van der Waals surface area contributed by atoms with Crippen LogP contribution in [0.1, 0.15) is 37.3 Å². The molecule has 150 valence electrons. The molecule has 1 amide bonds. The van der Waals surface area contributed by atoms with Gasteiger partial charge in [0.1, 0.15) is 34.4 Å². The van der Waals surface area contributed by atoms with Crippen molar-refractivity contribution in [3.63, 3.8) is 0 Å². The highest BCUT2D eigenvalue weighted by atomic mass is 79.9. The van der Waals surface area contributed by atoms with Crippen molar-refractivity contribution in [1.82, 2.24) is 19.7 Å². The molecular formula is C19H18BrFN6O2. The fraction of sp³-hybridized carbons (Fsp3) is 0.263. The molecule has 0 saturated heterocycles. The van der Waals surface area contributed by atoms with E-state index >= 15 is 0 Å². The van der Waals surface area contributed by atoms with Gasteiger partial charge in [0.2, 0.25) is 5.91 Å². The number of aromatic nitrogens is 4. The largest absolute Gasteiger partial charge is 0.368 e. The molecule has 0 fully saturated rings. The topological polar surface area (TPSA) is 96.2 Å². The standard InChI is InChI=1S/C19H18BrFN6O2/c1-10(2)13-5-4-12-18(23-13)26(17-7-14(20)25-27(17)19(12)29)9-16(28)24-15-6-3-11(21)8-22-15/h3-8,10,19,29H,9H2,1-2H3,(H,22,24,28). The Morgan fingerprint density at radius 1 is 1.34 bits per heavy atom. The average molecular weight is 461 g/mol. The van der Waals surface area contributed by atoms with Gasteiger partial charge in [-0.15, -0.1) is 0 Å². The van der Waals surface area contributed by atoms with Crippen LogP contribution in [-0.4, -0.2) is 37.3 Å². The molecule has 29 heavy (non-hydrogen) atoms. The summed E-state index contributed by atoms with van der Waals surface area (Å²) in [5.74, 6) is 0.578. The summed E-state index contributed by atoms with van der Waals surface area (Å²) in [5.41, 5.74) is 1.39. The third-order valence-electron chi connectivity index (χ3n) is 4.54. The highest BCUT2D eigenvalue weighted by molar-refractivity contribution is 9.10. The third-order valence-corrected chi connectivity index (χ3v) is 4.93. The van der Waals surface area contributed by atoms with E-state index in [9.17, 15) is 14.3 Å². The van der Waals surface area contributed by atoms with Gasteiger partial charge in [-0.3, -0.25) is 4.79 Å². The molecule has 1 aliphatic heterocycles. The summed E-state index contributed by atoms with van der Waals surface area (Å²) in [6.45, 7) is 3.95. The summed E-state index contributed by atoms with van der Waals surface area (Å²) >= 11 is 3.32. The van der Waals surface area contributed by atoms with Crippen LogP contribution in [0.15, 0.2) is 41.1 Å². The van der Waals surface area contributed by atoms with Gasteiger partial charge in [0.15, 0.2) is 6.23 Å². The summed E-state index contributed by atoms with van der Waals surface area (Å²) in [6, 6.07) is 7.97. The maximum absolute atomic E-state index is 13.0. The van der Waals surface area contributed by atoms with Crippen LogP contribution >= 0.6 is 15.9 Å². The number of nitrogens with one attached hydrogen (secondary N) is 1. The Bertz CT molecular complexity index is 1070. The smallest absolute Gasteiger partial charge is 0.245 e. The minimum absolute atomic E-state index is 0.0918. The van der Waals surface area contributed by atoms with E-state index in [0.717, 1.165) is 11.9 Å². The zero-order chi connectivity index (χ0) is 20.7. The molecule has 0 aromatic carbocycles. The fourth-order valence-corrected chi connectivity index (χ4v) is 3.50. The third kappa shape index (κ3) is 3.73. The average Bonchev–Trinajstić information content (AvgIpc) is 3.08. The number of carbonyl (C=O) groups is 1. The molecule has 1 unspecified atom stereocenters. The summed E-state index contributed by atoms with van der Waals surface area (Å²) in [5, 5.41) is 17.6. The lowest BCUT2D eigenvalue weighted by Crippen LogP contribution is -2.36. The molecular weight excluding hydrogens is 443 g/mol. The molecule has 2 N–H and O–H groups in total. The molecule has 0 bridgehead atoms. The number of anilines is 3. The molecule has 10 heteroatoms. The second kappa shape index (κ2) is 7.53. The number of fused-ring (bicyclic) bond motifs is 2. The van der Waals surface area contributed by atoms with Gasteiger partial charge in [-0.25, -0.2) is 19.0 Å². The number of aliphatic hydroxyl groups excluding tert-OH is 1. The number of rotatable bonds is 4. The first kappa shape index (κ1) is 19.5. The fourth-order valence-electron chi connectivity index (χ4n) is 3.12. The normalized spacial score (nSPS) is 15.2. The van der Waals surface area contributed by atoms with Crippen LogP contribution in [0.5, 0.6) is 0 Å². The zero-order valence-electron chi connectivity index (χ0n) is 15.7. The van der Waals surface area contributed by atoms with E-state index in [1.807, 2.05) is 19.9 Å². The number of amides is 1. The zero-order valence-corrected chi connectivity index (χ0v) is 17.3. The van der Waals surface area contributed by atoms with E-state index < -0.39 is 12.0 Å². The van der Waals surface area contributed by atoms with Gasteiger partial charge in [0.05, 0.1) is 6.20 Å². The molecule has 0 radical (unpaired) electrons. The first-order chi connectivity index (χ1) is 13.8. The van der Waals surface area contributed by atoms with Crippen molar-refractivity contribution in [2.45, 2.75) is 26.0 Å². The number of halogens is 2. The van der Waals surface area contributed by atoms with Gasteiger partial charge in [-0.05, 0) is 46.1 Å².